The second kappa shape index (κ2) is 10.6. The van der Waals surface area contributed by atoms with Gasteiger partial charge in [0.15, 0.2) is 0 Å². The van der Waals surface area contributed by atoms with Crippen molar-refractivity contribution in [2.45, 2.75) is 46.2 Å². The highest BCUT2D eigenvalue weighted by Gasteiger charge is 2.16. The van der Waals surface area contributed by atoms with Crippen molar-refractivity contribution in [3.05, 3.63) is 89.5 Å². The quantitative estimate of drug-likeness (QED) is 0.421. The lowest BCUT2D eigenvalue weighted by Gasteiger charge is -2.24. The molecule has 2 amide bonds. The maximum atomic E-state index is 13.6. The van der Waals surface area contributed by atoms with Crippen LogP contribution in [0, 0.1) is 12.7 Å². The van der Waals surface area contributed by atoms with Crippen molar-refractivity contribution in [3.8, 4) is 0 Å². The molecule has 0 spiro atoms. The maximum absolute atomic E-state index is 13.6. The zero-order chi connectivity index (χ0) is 21.3. The van der Waals surface area contributed by atoms with Gasteiger partial charge in [0.05, 0.1) is 6.54 Å². The molecule has 3 aromatic rings. The van der Waals surface area contributed by atoms with Gasteiger partial charge in [-0.2, -0.15) is 0 Å². The number of nitrogens with zero attached hydrogens (tertiary/aromatic N) is 2. The van der Waals surface area contributed by atoms with Crippen LogP contribution in [0.15, 0.2) is 66.9 Å². The summed E-state index contributed by atoms with van der Waals surface area (Å²) >= 11 is 0. The number of amides is 2. The molecular formula is C25H30FN3O. The number of benzene rings is 2. The summed E-state index contributed by atoms with van der Waals surface area (Å²) in [6.07, 6.45) is 5.12. The van der Waals surface area contributed by atoms with Crippen LogP contribution < -0.4 is 5.32 Å². The average Bonchev–Trinajstić information content (AvgIpc) is 3.15. The van der Waals surface area contributed by atoms with Crippen LogP contribution >= 0.6 is 0 Å². The molecule has 158 valence electrons. The molecule has 0 saturated heterocycles. The smallest absolute Gasteiger partial charge is 0.322 e. The number of nitrogens with one attached hydrogen (secondary N) is 1. The predicted octanol–water partition coefficient (Wildman–Crippen LogP) is 6.21. The van der Waals surface area contributed by atoms with Crippen molar-refractivity contribution in [2.24, 2.45) is 0 Å². The lowest BCUT2D eigenvalue weighted by atomic mass is 10.2. The zero-order valence-electron chi connectivity index (χ0n) is 17.8. The third kappa shape index (κ3) is 5.96. The van der Waals surface area contributed by atoms with E-state index in [4.69, 9.17) is 0 Å². The second-order valence-corrected chi connectivity index (χ2v) is 7.63. The number of aryl methyl sites for hydroxylation is 1. The molecule has 1 N–H and O–H groups in total. The summed E-state index contributed by atoms with van der Waals surface area (Å²) in [5.41, 5.74) is 3.79. The first-order chi connectivity index (χ1) is 14.6. The highest BCUT2D eigenvalue weighted by Crippen LogP contribution is 2.17. The molecule has 1 aromatic heterocycles. The summed E-state index contributed by atoms with van der Waals surface area (Å²) in [5.74, 6) is -0.236. The number of urea groups is 1. The summed E-state index contributed by atoms with van der Waals surface area (Å²) in [7, 11) is 0. The van der Waals surface area contributed by atoms with Crippen molar-refractivity contribution >= 4 is 11.7 Å². The standard InChI is InChI=1S/C25H30FN3O/c1-3-4-7-15-29(25(30)27-24-14-6-5-10-20(24)2)19-23-13-9-16-28(23)18-21-11-8-12-22(26)17-21/h5-6,8-14,16-17H,3-4,7,15,18-19H2,1-2H3,(H,27,30). The van der Waals surface area contributed by atoms with Crippen LogP contribution in [-0.2, 0) is 13.1 Å². The molecule has 2 aromatic carbocycles. The average molecular weight is 408 g/mol. The van der Waals surface area contributed by atoms with Gasteiger partial charge in [-0.15, -0.1) is 0 Å². The Labute approximate surface area is 178 Å². The molecule has 0 unspecified atom stereocenters. The van der Waals surface area contributed by atoms with Crippen LogP contribution in [0.25, 0.3) is 0 Å². The Morgan fingerprint density at radius 1 is 1.07 bits per heavy atom. The summed E-state index contributed by atoms with van der Waals surface area (Å²) in [6.45, 7) is 5.91. The SMILES string of the molecule is CCCCCN(Cc1cccn1Cc1cccc(F)c1)C(=O)Nc1ccccc1C. The molecule has 1 heterocycles. The molecule has 0 fully saturated rings. The van der Waals surface area contributed by atoms with E-state index in [0.717, 1.165) is 41.8 Å². The first kappa shape index (κ1) is 21.6. The fourth-order valence-corrected chi connectivity index (χ4v) is 3.49. The Hall–Kier alpha value is -3.08. The number of carbonyl (C=O) groups is 1. The summed E-state index contributed by atoms with van der Waals surface area (Å²) < 4.78 is 15.6. The van der Waals surface area contributed by atoms with Gasteiger partial charge in [-0.1, -0.05) is 50.1 Å². The first-order valence-corrected chi connectivity index (χ1v) is 10.6. The number of rotatable bonds is 9. The normalized spacial score (nSPS) is 10.8. The van der Waals surface area contributed by atoms with Crippen LogP contribution in [0.3, 0.4) is 0 Å². The highest BCUT2D eigenvalue weighted by molar-refractivity contribution is 5.90. The van der Waals surface area contributed by atoms with Crippen LogP contribution in [0.5, 0.6) is 0 Å². The van der Waals surface area contributed by atoms with E-state index in [0.29, 0.717) is 19.6 Å². The molecule has 0 saturated carbocycles. The molecule has 0 aliphatic rings. The monoisotopic (exact) mass is 407 g/mol. The second-order valence-electron chi connectivity index (χ2n) is 7.63. The summed E-state index contributed by atoms with van der Waals surface area (Å²) in [6, 6.07) is 18.3. The number of hydrogen-bond donors (Lipinski definition) is 1. The van der Waals surface area contributed by atoms with Gasteiger partial charge in [-0.25, -0.2) is 9.18 Å². The van der Waals surface area contributed by atoms with E-state index in [1.807, 2.05) is 60.5 Å². The number of hydrogen-bond acceptors (Lipinski definition) is 1. The topological polar surface area (TPSA) is 37.3 Å². The third-order valence-electron chi connectivity index (χ3n) is 5.22. The lowest BCUT2D eigenvalue weighted by Crippen LogP contribution is -2.36. The first-order valence-electron chi connectivity index (χ1n) is 10.6. The van der Waals surface area contributed by atoms with Crippen molar-refractivity contribution in [1.29, 1.82) is 0 Å². The molecule has 0 bridgehead atoms. The zero-order valence-corrected chi connectivity index (χ0v) is 17.8. The van der Waals surface area contributed by atoms with Crippen LogP contribution in [0.1, 0.15) is 43.0 Å². The number of aromatic nitrogens is 1. The van der Waals surface area contributed by atoms with E-state index >= 15 is 0 Å². The van der Waals surface area contributed by atoms with E-state index in [9.17, 15) is 9.18 Å². The maximum Gasteiger partial charge on any atom is 0.322 e. The molecule has 0 aliphatic heterocycles. The van der Waals surface area contributed by atoms with Crippen molar-refractivity contribution in [3.63, 3.8) is 0 Å². The Balaban J connectivity index is 1.74. The molecule has 0 atom stereocenters. The van der Waals surface area contributed by atoms with Gasteiger partial charge >= 0.3 is 6.03 Å². The van der Waals surface area contributed by atoms with E-state index in [1.54, 1.807) is 12.1 Å². The van der Waals surface area contributed by atoms with Gasteiger partial charge in [0.1, 0.15) is 5.82 Å². The van der Waals surface area contributed by atoms with Crippen molar-refractivity contribution in [2.75, 3.05) is 11.9 Å². The number of para-hydroxylation sites is 1. The van der Waals surface area contributed by atoms with Crippen LogP contribution in [0.2, 0.25) is 0 Å². The number of carbonyl (C=O) groups excluding carboxylic acids is 1. The molecule has 30 heavy (non-hydrogen) atoms. The van der Waals surface area contributed by atoms with Crippen LogP contribution in [-0.4, -0.2) is 22.0 Å². The van der Waals surface area contributed by atoms with Gasteiger partial charge < -0.3 is 14.8 Å². The Bertz CT molecular complexity index is 966. The minimum absolute atomic E-state index is 0.0982. The van der Waals surface area contributed by atoms with Gasteiger partial charge in [0.25, 0.3) is 0 Å². The minimum Gasteiger partial charge on any atom is -0.345 e. The van der Waals surface area contributed by atoms with E-state index in [2.05, 4.69) is 16.8 Å². The van der Waals surface area contributed by atoms with Crippen molar-refractivity contribution < 1.29 is 9.18 Å². The summed E-state index contributed by atoms with van der Waals surface area (Å²) in [4.78, 5) is 14.9. The molecule has 3 rings (SSSR count). The summed E-state index contributed by atoms with van der Waals surface area (Å²) in [5, 5.41) is 3.05. The van der Waals surface area contributed by atoms with Crippen molar-refractivity contribution in [1.82, 2.24) is 9.47 Å². The Kier molecular flexibility index (Phi) is 7.66. The predicted molar refractivity (Wildman–Crippen MR) is 120 cm³/mol. The van der Waals surface area contributed by atoms with E-state index in [1.165, 1.54) is 6.07 Å². The molecular weight excluding hydrogens is 377 g/mol. The number of anilines is 1. The van der Waals surface area contributed by atoms with E-state index in [-0.39, 0.29) is 11.8 Å². The van der Waals surface area contributed by atoms with Gasteiger partial charge in [0, 0.05) is 30.7 Å². The fourth-order valence-electron chi connectivity index (χ4n) is 3.49. The lowest BCUT2D eigenvalue weighted by molar-refractivity contribution is 0.206. The number of halogens is 1. The molecule has 0 radical (unpaired) electrons. The van der Waals surface area contributed by atoms with E-state index < -0.39 is 0 Å². The molecule has 0 aliphatic carbocycles. The van der Waals surface area contributed by atoms with Gasteiger partial charge in [-0.05, 0) is 54.8 Å². The Morgan fingerprint density at radius 2 is 1.90 bits per heavy atom. The third-order valence-corrected chi connectivity index (χ3v) is 5.22. The molecule has 4 nitrogen and oxygen atoms in total. The van der Waals surface area contributed by atoms with Gasteiger partial charge in [-0.3, -0.25) is 0 Å². The minimum atomic E-state index is -0.236. The molecule has 5 heteroatoms. The van der Waals surface area contributed by atoms with Crippen LogP contribution in [0.4, 0.5) is 14.9 Å². The number of unbranched alkanes of at least 4 members (excludes halogenated alkanes) is 2. The fraction of sp³-hybridized carbons (Fsp3) is 0.320. The Morgan fingerprint density at radius 3 is 2.67 bits per heavy atom. The highest BCUT2D eigenvalue weighted by atomic mass is 19.1. The van der Waals surface area contributed by atoms with Gasteiger partial charge in [0.2, 0.25) is 0 Å². The largest absolute Gasteiger partial charge is 0.345 e.